The van der Waals surface area contributed by atoms with Crippen molar-refractivity contribution in [3.8, 4) is 0 Å². The van der Waals surface area contributed by atoms with E-state index in [1.165, 1.54) is 0 Å². The molecule has 0 saturated carbocycles. The first-order valence-electron chi connectivity index (χ1n) is 4.28. The third-order valence-corrected chi connectivity index (χ3v) is 1.38. The van der Waals surface area contributed by atoms with Crippen molar-refractivity contribution >= 4 is 0 Å². The summed E-state index contributed by atoms with van der Waals surface area (Å²) >= 11 is 0. The van der Waals surface area contributed by atoms with Crippen LogP contribution in [0.4, 0.5) is 0 Å². The van der Waals surface area contributed by atoms with E-state index in [-0.39, 0.29) is 6.29 Å². The van der Waals surface area contributed by atoms with E-state index in [9.17, 15) is 0 Å². The molecule has 0 aromatic carbocycles. The van der Waals surface area contributed by atoms with Crippen molar-refractivity contribution in [2.45, 2.75) is 27.1 Å². The number of ether oxygens (including phenoxy) is 2. The molecule has 0 aromatic rings. The van der Waals surface area contributed by atoms with Crippen LogP contribution in [0.1, 0.15) is 20.8 Å². The van der Waals surface area contributed by atoms with Gasteiger partial charge in [-0.1, -0.05) is 18.2 Å². The Morgan fingerprint density at radius 1 is 1.33 bits per heavy atom. The molecule has 0 spiro atoms. The lowest BCUT2D eigenvalue weighted by Crippen LogP contribution is -2.14. The molecule has 0 aliphatic rings. The van der Waals surface area contributed by atoms with Crippen LogP contribution in [0.3, 0.4) is 0 Å². The van der Waals surface area contributed by atoms with E-state index in [1.54, 1.807) is 6.08 Å². The highest BCUT2D eigenvalue weighted by Crippen LogP contribution is 2.02. The van der Waals surface area contributed by atoms with Crippen LogP contribution < -0.4 is 0 Å². The monoisotopic (exact) mass is 170 g/mol. The quantitative estimate of drug-likeness (QED) is 0.450. The van der Waals surface area contributed by atoms with Gasteiger partial charge >= 0.3 is 0 Å². The molecule has 0 bridgehead atoms. The largest absolute Gasteiger partial charge is 0.349 e. The van der Waals surface area contributed by atoms with Gasteiger partial charge in [-0.15, -0.1) is 0 Å². The zero-order valence-electron chi connectivity index (χ0n) is 8.17. The first-order chi connectivity index (χ1) is 5.74. The van der Waals surface area contributed by atoms with Gasteiger partial charge in [0.1, 0.15) is 0 Å². The molecule has 0 N–H and O–H groups in total. The lowest BCUT2D eigenvalue weighted by atomic mass is 10.3. The molecule has 2 nitrogen and oxygen atoms in total. The Labute approximate surface area is 74.9 Å². The third-order valence-electron chi connectivity index (χ3n) is 1.38. The summed E-state index contributed by atoms with van der Waals surface area (Å²) in [7, 11) is 0. The summed E-state index contributed by atoms with van der Waals surface area (Å²) in [5.41, 5.74) is 1.07. The Hall–Kier alpha value is -0.600. The predicted octanol–water partition coefficient (Wildman–Crippen LogP) is 2.52. The second-order valence-corrected chi connectivity index (χ2v) is 2.39. The summed E-state index contributed by atoms with van der Waals surface area (Å²) in [6, 6.07) is 0. The van der Waals surface area contributed by atoms with Crippen LogP contribution in [0.25, 0.3) is 0 Å². The summed E-state index contributed by atoms with van der Waals surface area (Å²) in [5, 5.41) is 0. The fraction of sp³-hybridized carbons (Fsp3) is 0.600. The average molecular weight is 170 g/mol. The van der Waals surface area contributed by atoms with Gasteiger partial charge in [0.15, 0.2) is 6.29 Å². The highest BCUT2D eigenvalue weighted by atomic mass is 16.7. The summed E-state index contributed by atoms with van der Waals surface area (Å²) in [6.07, 6.45) is 3.48. The molecule has 0 unspecified atom stereocenters. The van der Waals surface area contributed by atoms with E-state index in [1.807, 2.05) is 26.8 Å². The fourth-order valence-electron chi connectivity index (χ4n) is 0.756. The van der Waals surface area contributed by atoms with Gasteiger partial charge in [-0.3, -0.25) is 0 Å². The number of rotatable bonds is 6. The lowest BCUT2D eigenvalue weighted by molar-refractivity contribution is -0.104. The zero-order valence-corrected chi connectivity index (χ0v) is 8.17. The topological polar surface area (TPSA) is 18.5 Å². The fourth-order valence-corrected chi connectivity index (χ4v) is 0.756. The summed E-state index contributed by atoms with van der Waals surface area (Å²) in [5.74, 6) is 0. The maximum absolute atomic E-state index is 5.31. The van der Waals surface area contributed by atoms with Crippen LogP contribution in [0.2, 0.25) is 0 Å². The van der Waals surface area contributed by atoms with Crippen molar-refractivity contribution < 1.29 is 9.47 Å². The van der Waals surface area contributed by atoms with E-state index >= 15 is 0 Å². The molecule has 0 aliphatic carbocycles. The van der Waals surface area contributed by atoms with Crippen LogP contribution in [0, 0.1) is 0 Å². The van der Waals surface area contributed by atoms with Crippen LogP contribution in [0.5, 0.6) is 0 Å². The molecule has 0 amide bonds. The van der Waals surface area contributed by atoms with E-state index in [2.05, 4.69) is 6.58 Å². The molecule has 0 aliphatic heterocycles. The first-order valence-corrected chi connectivity index (χ1v) is 4.28. The van der Waals surface area contributed by atoms with Crippen LogP contribution in [-0.4, -0.2) is 19.5 Å². The molecule has 0 fully saturated rings. The maximum Gasteiger partial charge on any atom is 0.177 e. The minimum Gasteiger partial charge on any atom is -0.349 e. The minimum absolute atomic E-state index is 0.224. The molecule has 12 heavy (non-hydrogen) atoms. The highest BCUT2D eigenvalue weighted by molar-refractivity contribution is 5.13. The smallest absolute Gasteiger partial charge is 0.177 e. The summed E-state index contributed by atoms with van der Waals surface area (Å²) < 4.78 is 10.6. The van der Waals surface area contributed by atoms with Gasteiger partial charge in [-0.25, -0.2) is 0 Å². The second kappa shape index (κ2) is 7.07. The van der Waals surface area contributed by atoms with Crippen LogP contribution in [-0.2, 0) is 9.47 Å². The molecule has 0 saturated heterocycles. The molecule has 0 radical (unpaired) electrons. The molecule has 0 aromatic heterocycles. The third kappa shape index (κ3) is 5.10. The second-order valence-electron chi connectivity index (χ2n) is 2.39. The SMILES string of the molecule is C=C/C(C)=C/C(OCC)OCC. The lowest BCUT2D eigenvalue weighted by Gasteiger charge is -2.12. The Kier molecular flexibility index (Phi) is 6.72. The normalized spacial score (nSPS) is 12.2. The molecular weight excluding hydrogens is 152 g/mol. The van der Waals surface area contributed by atoms with Crippen molar-refractivity contribution in [1.82, 2.24) is 0 Å². The first kappa shape index (κ1) is 11.4. The van der Waals surface area contributed by atoms with Gasteiger partial charge in [0.05, 0.1) is 0 Å². The van der Waals surface area contributed by atoms with Crippen LogP contribution in [0.15, 0.2) is 24.3 Å². The Bertz CT molecular complexity index is 144. The molecule has 0 heterocycles. The highest BCUT2D eigenvalue weighted by Gasteiger charge is 2.02. The van der Waals surface area contributed by atoms with E-state index in [0.29, 0.717) is 13.2 Å². The van der Waals surface area contributed by atoms with Crippen molar-refractivity contribution in [2.75, 3.05) is 13.2 Å². The number of hydrogen-bond acceptors (Lipinski definition) is 2. The Morgan fingerprint density at radius 2 is 1.83 bits per heavy atom. The molecule has 2 heteroatoms. The number of allylic oxidation sites excluding steroid dienone is 2. The Balaban J connectivity index is 4.00. The van der Waals surface area contributed by atoms with Gasteiger partial charge in [0.2, 0.25) is 0 Å². The van der Waals surface area contributed by atoms with Gasteiger partial charge < -0.3 is 9.47 Å². The molecular formula is C10H18O2. The van der Waals surface area contributed by atoms with Gasteiger partial charge in [0, 0.05) is 13.2 Å². The van der Waals surface area contributed by atoms with E-state index in [4.69, 9.17) is 9.47 Å². The summed E-state index contributed by atoms with van der Waals surface area (Å²) in [4.78, 5) is 0. The molecule has 0 rings (SSSR count). The average Bonchev–Trinajstić information content (AvgIpc) is 2.05. The van der Waals surface area contributed by atoms with Crippen molar-refractivity contribution in [3.63, 3.8) is 0 Å². The van der Waals surface area contributed by atoms with Crippen molar-refractivity contribution in [1.29, 1.82) is 0 Å². The van der Waals surface area contributed by atoms with Crippen molar-refractivity contribution in [2.24, 2.45) is 0 Å². The van der Waals surface area contributed by atoms with Crippen molar-refractivity contribution in [3.05, 3.63) is 24.3 Å². The predicted molar refractivity (Wildman–Crippen MR) is 51.0 cm³/mol. The Morgan fingerprint density at radius 3 is 2.17 bits per heavy atom. The van der Waals surface area contributed by atoms with E-state index in [0.717, 1.165) is 5.57 Å². The minimum atomic E-state index is -0.224. The van der Waals surface area contributed by atoms with Gasteiger partial charge in [-0.2, -0.15) is 0 Å². The standard InChI is InChI=1S/C10H18O2/c1-5-9(4)8-10(11-6-2)12-7-3/h5,8,10H,1,6-7H2,2-4H3/b9-8+. The zero-order chi connectivity index (χ0) is 9.40. The van der Waals surface area contributed by atoms with Crippen LogP contribution >= 0.6 is 0 Å². The molecule has 0 atom stereocenters. The number of hydrogen-bond donors (Lipinski definition) is 0. The van der Waals surface area contributed by atoms with E-state index < -0.39 is 0 Å². The maximum atomic E-state index is 5.31. The van der Waals surface area contributed by atoms with Gasteiger partial charge in [0.25, 0.3) is 0 Å². The summed E-state index contributed by atoms with van der Waals surface area (Å²) in [6.45, 7) is 10.8. The molecule has 70 valence electrons. The van der Waals surface area contributed by atoms with Gasteiger partial charge in [-0.05, 0) is 26.8 Å².